The van der Waals surface area contributed by atoms with Gasteiger partial charge in [0.05, 0.1) is 5.88 Å². The van der Waals surface area contributed by atoms with Gasteiger partial charge in [0, 0.05) is 24.8 Å². The molecule has 0 aliphatic carbocycles. The molecule has 0 aromatic carbocycles. The number of hydrogen-bond acceptors (Lipinski definition) is 4. The fourth-order valence-electron chi connectivity index (χ4n) is 2.54. The van der Waals surface area contributed by atoms with Gasteiger partial charge in [-0.15, -0.1) is 11.8 Å². The number of amides is 2. The first-order chi connectivity index (χ1) is 9.22. The van der Waals surface area contributed by atoms with Crippen LogP contribution in [0.25, 0.3) is 0 Å². The predicted octanol–water partition coefficient (Wildman–Crippen LogP) is 0.556. The summed E-state index contributed by atoms with van der Waals surface area (Å²) in [6.45, 7) is 3.87. The zero-order chi connectivity index (χ0) is 13.7. The maximum Gasteiger partial charge on any atom is 0.243 e. The quantitative estimate of drug-likeness (QED) is 0.792. The molecule has 2 N–H and O–H groups in total. The number of hydrogen-bond donors (Lipinski definition) is 2. The molecule has 2 aliphatic heterocycles. The van der Waals surface area contributed by atoms with Crippen molar-refractivity contribution in [1.29, 1.82) is 0 Å². The van der Waals surface area contributed by atoms with Crippen molar-refractivity contribution in [2.24, 2.45) is 0 Å². The van der Waals surface area contributed by atoms with E-state index in [0.29, 0.717) is 12.3 Å². The van der Waals surface area contributed by atoms with Crippen molar-refractivity contribution < 1.29 is 9.59 Å². The minimum absolute atomic E-state index is 0.0168. The van der Waals surface area contributed by atoms with Gasteiger partial charge in [0.1, 0.15) is 6.04 Å². The van der Waals surface area contributed by atoms with Crippen molar-refractivity contribution >= 4 is 23.6 Å². The zero-order valence-electron chi connectivity index (χ0n) is 11.5. The van der Waals surface area contributed by atoms with Crippen LogP contribution in [0, 0.1) is 0 Å². The molecule has 0 aromatic heterocycles. The Labute approximate surface area is 118 Å². The van der Waals surface area contributed by atoms with Crippen LogP contribution in [0.3, 0.4) is 0 Å². The lowest BCUT2D eigenvalue weighted by Crippen LogP contribution is -2.53. The first-order valence-corrected chi connectivity index (χ1v) is 8.26. The topological polar surface area (TPSA) is 61.4 Å². The minimum Gasteiger partial charge on any atom is -0.350 e. The molecular formula is C13H23N3O2S. The Hall–Kier alpha value is -0.750. The molecule has 2 atom stereocenters. The molecule has 108 valence electrons. The van der Waals surface area contributed by atoms with Gasteiger partial charge in [-0.1, -0.05) is 6.92 Å². The van der Waals surface area contributed by atoms with E-state index in [2.05, 4.69) is 10.6 Å². The summed E-state index contributed by atoms with van der Waals surface area (Å²) >= 11 is 1.66. The largest absolute Gasteiger partial charge is 0.350 e. The average Bonchev–Trinajstić information content (AvgIpc) is 2.89. The second kappa shape index (κ2) is 7.14. The summed E-state index contributed by atoms with van der Waals surface area (Å²) in [6.07, 6.45) is 3.50. The van der Waals surface area contributed by atoms with Crippen LogP contribution in [0.1, 0.15) is 32.6 Å². The summed E-state index contributed by atoms with van der Waals surface area (Å²) in [5.41, 5.74) is 0. The summed E-state index contributed by atoms with van der Waals surface area (Å²) in [5, 5.41) is 6.36. The Bertz CT molecular complexity index is 332. The van der Waals surface area contributed by atoms with Crippen molar-refractivity contribution in [2.45, 2.75) is 44.7 Å². The van der Waals surface area contributed by atoms with E-state index >= 15 is 0 Å². The van der Waals surface area contributed by atoms with Gasteiger partial charge in [-0.2, -0.15) is 0 Å². The normalized spacial score (nSPS) is 27.3. The fraction of sp³-hybridized carbons (Fsp3) is 0.846. The van der Waals surface area contributed by atoms with Gasteiger partial charge in [0.2, 0.25) is 11.8 Å². The van der Waals surface area contributed by atoms with Crippen LogP contribution < -0.4 is 10.6 Å². The molecule has 5 nitrogen and oxygen atoms in total. The molecular weight excluding hydrogens is 262 g/mol. The number of thioether (sulfide) groups is 1. The van der Waals surface area contributed by atoms with E-state index < -0.39 is 0 Å². The third-order valence-electron chi connectivity index (χ3n) is 3.61. The summed E-state index contributed by atoms with van der Waals surface area (Å²) < 4.78 is 0. The molecule has 2 saturated heterocycles. The molecule has 1 unspecified atom stereocenters. The SMILES string of the molecule is CCCC(=O)N1CSCC1C(=O)N[C@H]1CCCNC1. The van der Waals surface area contributed by atoms with Gasteiger partial charge >= 0.3 is 0 Å². The lowest BCUT2D eigenvalue weighted by Gasteiger charge is -2.28. The smallest absolute Gasteiger partial charge is 0.243 e. The van der Waals surface area contributed by atoms with Crippen LogP contribution in [0.15, 0.2) is 0 Å². The number of carbonyl (C=O) groups is 2. The number of nitrogens with one attached hydrogen (secondary N) is 2. The van der Waals surface area contributed by atoms with Crippen LogP contribution in [-0.4, -0.2) is 53.5 Å². The number of nitrogens with zero attached hydrogens (tertiary/aromatic N) is 1. The van der Waals surface area contributed by atoms with Crippen LogP contribution >= 0.6 is 11.8 Å². The lowest BCUT2D eigenvalue weighted by atomic mass is 10.1. The average molecular weight is 285 g/mol. The van der Waals surface area contributed by atoms with Crippen LogP contribution in [-0.2, 0) is 9.59 Å². The second-order valence-corrected chi connectivity index (χ2v) is 6.18. The van der Waals surface area contributed by atoms with Gasteiger partial charge in [-0.25, -0.2) is 0 Å². The molecule has 0 saturated carbocycles. The number of carbonyl (C=O) groups excluding carboxylic acids is 2. The monoisotopic (exact) mass is 285 g/mol. The van der Waals surface area contributed by atoms with E-state index in [1.807, 2.05) is 6.92 Å². The van der Waals surface area contributed by atoms with Crippen LogP contribution in [0.5, 0.6) is 0 Å². The number of rotatable bonds is 4. The number of piperidine rings is 1. The highest BCUT2D eigenvalue weighted by Crippen LogP contribution is 2.22. The molecule has 2 heterocycles. The summed E-state index contributed by atoms with van der Waals surface area (Å²) in [4.78, 5) is 26.0. The van der Waals surface area contributed by atoms with E-state index in [1.165, 1.54) is 0 Å². The molecule has 19 heavy (non-hydrogen) atoms. The van der Waals surface area contributed by atoms with Crippen molar-refractivity contribution in [3.63, 3.8) is 0 Å². The Morgan fingerprint density at radius 2 is 2.32 bits per heavy atom. The third kappa shape index (κ3) is 3.86. The van der Waals surface area contributed by atoms with E-state index in [9.17, 15) is 9.59 Å². The standard InChI is InChI=1S/C13H23N3O2S/c1-2-4-12(17)16-9-19-8-11(16)13(18)15-10-5-3-6-14-7-10/h10-11,14H,2-9H2,1H3,(H,15,18)/t10-,11?/m0/s1. The van der Waals surface area contributed by atoms with Gasteiger partial charge in [-0.3, -0.25) is 9.59 Å². The van der Waals surface area contributed by atoms with Gasteiger partial charge in [-0.05, 0) is 25.8 Å². The molecule has 0 radical (unpaired) electrons. The lowest BCUT2D eigenvalue weighted by molar-refractivity contribution is -0.138. The first kappa shape index (κ1) is 14.7. The van der Waals surface area contributed by atoms with Gasteiger partial charge < -0.3 is 15.5 Å². The van der Waals surface area contributed by atoms with Crippen molar-refractivity contribution in [2.75, 3.05) is 24.7 Å². The minimum atomic E-state index is -0.272. The van der Waals surface area contributed by atoms with Crippen molar-refractivity contribution in [3.05, 3.63) is 0 Å². The van der Waals surface area contributed by atoms with E-state index in [4.69, 9.17) is 0 Å². The van der Waals surface area contributed by atoms with Crippen molar-refractivity contribution in [1.82, 2.24) is 15.5 Å². The highest BCUT2D eigenvalue weighted by Gasteiger charge is 2.34. The molecule has 0 aromatic rings. The molecule has 2 fully saturated rings. The Balaban J connectivity index is 1.87. The summed E-state index contributed by atoms with van der Waals surface area (Å²) in [7, 11) is 0. The first-order valence-electron chi connectivity index (χ1n) is 7.10. The van der Waals surface area contributed by atoms with Gasteiger partial charge in [0.15, 0.2) is 0 Å². The predicted molar refractivity (Wildman–Crippen MR) is 76.9 cm³/mol. The Kier molecular flexibility index (Phi) is 5.51. The van der Waals surface area contributed by atoms with E-state index in [0.717, 1.165) is 38.1 Å². The maximum atomic E-state index is 12.3. The van der Waals surface area contributed by atoms with Crippen LogP contribution in [0.2, 0.25) is 0 Å². The molecule has 2 rings (SSSR count). The fourth-order valence-corrected chi connectivity index (χ4v) is 3.72. The van der Waals surface area contributed by atoms with Crippen molar-refractivity contribution in [3.8, 4) is 0 Å². The summed E-state index contributed by atoms with van der Waals surface area (Å²) in [6, 6.07) is -0.0547. The van der Waals surface area contributed by atoms with E-state index in [1.54, 1.807) is 16.7 Å². The summed E-state index contributed by atoms with van der Waals surface area (Å²) in [5.74, 6) is 1.50. The highest BCUT2D eigenvalue weighted by atomic mass is 32.2. The molecule has 2 aliphatic rings. The molecule has 0 bridgehead atoms. The molecule has 0 spiro atoms. The highest BCUT2D eigenvalue weighted by molar-refractivity contribution is 7.99. The second-order valence-electron chi connectivity index (χ2n) is 5.18. The third-order valence-corrected chi connectivity index (χ3v) is 4.62. The Morgan fingerprint density at radius 3 is 3.00 bits per heavy atom. The zero-order valence-corrected chi connectivity index (χ0v) is 12.3. The molecule has 6 heteroatoms. The molecule has 2 amide bonds. The van der Waals surface area contributed by atoms with Gasteiger partial charge in [0.25, 0.3) is 0 Å². The Morgan fingerprint density at radius 1 is 1.47 bits per heavy atom. The van der Waals surface area contributed by atoms with Crippen LogP contribution in [0.4, 0.5) is 0 Å². The maximum absolute atomic E-state index is 12.3. The van der Waals surface area contributed by atoms with E-state index in [-0.39, 0.29) is 23.9 Å².